The second kappa shape index (κ2) is 7.76. The van der Waals surface area contributed by atoms with Crippen molar-refractivity contribution < 1.29 is 0 Å². The number of allylic oxidation sites excluding steroid dienone is 2. The minimum absolute atomic E-state index is 0.243. The summed E-state index contributed by atoms with van der Waals surface area (Å²) in [6, 6.07) is 11.0. The fourth-order valence-electron chi connectivity index (χ4n) is 4.41. The molecule has 148 valence electrons. The summed E-state index contributed by atoms with van der Waals surface area (Å²) in [5.41, 5.74) is 11.8. The lowest BCUT2D eigenvalue weighted by molar-refractivity contribution is 0.258. The van der Waals surface area contributed by atoms with E-state index in [4.69, 9.17) is 11.6 Å². The maximum atomic E-state index is 6.43. The lowest BCUT2D eigenvalue weighted by Crippen LogP contribution is -2.47. The first kappa shape index (κ1) is 18.6. The van der Waals surface area contributed by atoms with E-state index in [0.29, 0.717) is 17.1 Å². The number of rotatable bonds is 4. The molecule has 1 aromatic carbocycles. The molecule has 1 aromatic heterocycles. The Morgan fingerprint density at radius 2 is 2.21 bits per heavy atom. The topological polar surface area (TPSA) is 52.2 Å². The van der Waals surface area contributed by atoms with E-state index in [0.717, 1.165) is 47.5 Å². The minimum atomic E-state index is 0.243. The number of hydrazine groups is 1. The Bertz CT molecular complexity index is 993. The standard InChI is InChI=1S/C23H24ClN5/c1-2-15-5-6-16(12-19(15)24)23-18(4-3-10-25-23)17-7-8-22-26-13-21(29(22)14-17)20-9-11-27-28-20/h2-8,10,12,14,20-22,26-28H,1,9,11,13H2. The van der Waals surface area contributed by atoms with Gasteiger partial charge >= 0.3 is 0 Å². The Morgan fingerprint density at radius 3 is 3.00 bits per heavy atom. The lowest BCUT2D eigenvalue weighted by Gasteiger charge is -2.33. The Morgan fingerprint density at radius 1 is 1.28 bits per heavy atom. The van der Waals surface area contributed by atoms with Crippen LogP contribution in [-0.2, 0) is 0 Å². The van der Waals surface area contributed by atoms with E-state index >= 15 is 0 Å². The first-order valence-corrected chi connectivity index (χ1v) is 10.4. The normalized spacial score (nSPS) is 25.8. The van der Waals surface area contributed by atoms with Crippen molar-refractivity contribution in [3.8, 4) is 11.3 Å². The van der Waals surface area contributed by atoms with Crippen LogP contribution in [0.3, 0.4) is 0 Å². The average Bonchev–Trinajstić information content (AvgIpc) is 3.43. The largest absolute Gasteiger partial charge is 0.352 e. The van der Waals surface area contributed by atoms with Gasteiger partial charge < -0.3 is 4.90 Å². The molecule has 3 aliphatic heterocycles. The highest BCUT2D eigenvalue weighted by atomic mass is 35.5. The SMILES string of the molecule is C=Cc1ccc(-c2ncccc2C2=CN3C(C=C2)NCC3C2CCNN2)cc1Cl. The number of pyridine rings is 1. The first-order valence-electron chi connectivity index (χ1n) is 10.0. The fourth-order valence-corrected chi connectivity index (χ4v) is 4.67. The Kier molecular flexibility index (Phi) is 4.97. The molecule has 5 nitrogen and oxygen atoms in total. The molecule has 2 aromatic rings. The van der Waals surface area contributed by atoms with Gasteiger partial charge in [0.1, 0.15) is 0 Å². The maximum absolute atomic E-state index is 6.43. The van der Waals surface area contributed by atoms with Gasteiger partial charge in [-0.25, -0.2) is 0 Å². The molecule has 2 fully saturated rings. The third-order valence-electron chi connectivity index (χ3n) is 5.93. The molecule has 29 heavy (non-hydrogen) atoms. The summed E-state index contributed by atoms with van der Waals surface area (Å²) in [5, 5.41) is 4.29. The predicted octanol–water partition coefficient (Wildman–Crippen LogP) is 3.42. The number of nitrogens with zero attached hydrogens (tertiary/aromatic N) is 2. The van der Waals surface area contributed by atoms with Crippen LogP contribution in [0, 0.1) is 0 Å². The van der Waals surface area contributed by atoms with Crippen molar-refractivity contribution in [3.05, 3.63) is 77.6 Å². The fraction of sp³-hybridized carbons (Fsp3) is 0.261. The van der Waals surface area contributed by atoms with Crippen molar-refractivity contribution in [2.45, 2.75) is 24.7 Å². The average molecular weight is 406 g/mol. The van der Waals surface area contributed by atoms with Gasteiger partial charge in [-0.2, -0.15) is 0 Å². The molecule has 0 saturated carbocycles. The quantitative estimate of drug-likeness (QED) is 0.727. The van der Waals surface area contributed by atoms with Crippen molar-refractivity contribution in [2.75, 3.05) is 13.1 Å². The number of halogens is 1. The number of hydrogen-bond acceptors (Lipinski definition) is 5. The molecule has 0 spiro atoms. The lowest BCUT2D eigenvalue weighted by atomic mass is 9.96. The first-order chi connectivity index (χ1) is 14.2. The maximum Gasteiger partial charge on any atom is 0.0990 e. The molecule has 4 heterocycles. The third-order valence-corrected chi connectivity index (χ3v) is 6.26. The molecule has 3 aliphatic rings. The van der Waals surface area contributed by atoms with E-state index in [1.165, 1.54) is 0 Å². The van der Waals surface area contributed by atoms with Crippen molar-refractivity contribution in [1.29, 1.82) is 0 Å². The van der Waals surface area contributed by atoms with Crippen LogP contribution in [0.25, 0.3) is 22.9 Å². The molecular weight excluding hydrogens is 382 g/mol. The van der Waals surface area contributed by atoms with Crippen LogP contribution in [-0.4, -0.2) is 41.2 Å². The molecule has 0 bridgehead atoms. The summed E-state index contributed by atoms with van der Waals surface area (Å²) in [6.45, 7) is 5.80. The number of fused-ring (bicyclic) bond motifs is 1. The van der Waals surface area contributed by atoms with Crippen LogP contribution in [0.15, 0.2) is 61.5 Å². The molecule has 0 amide bonds. The van der Waals surface area contributed by atoms with Gasteiger partial charge in [0.25, 0.3) is 0 Å². The van der Waals surface area contributed by atoms with E-state index in [1.807, 2.05) is 24.4 Å². The number of hydrogen-bond donors (Lipinski definition) is 3. The van der Waals surface area contributed by atoms with Gasteiger partial charge in [0.05, 0.1) is 17.9 Å². The molecule has 0 radical (unpaired) electrons. The second-order valence-electron chi connectivity index (χ2n) is 7.62. The van der Waals surface area contributed by atoms with E-state index in [2.05, 4.69) is 63.1 Å². The monoisotopic (exact) mass is 405 g/mol. The Labute approximate surface area is 176 Å². The molecule has 0 aliphatic carbocycles. The van der Waals surface area contributed by atoms with E-state index in [9.17, 15) is 0 Å². The van der Waals surface area contributed by atoms with Crippen molar-refractivity contribution in [3.63, 3.8) is 0 Å². The zero-order chi connectivity index (χ0) is 19.8. The Hall–Kier alpha value is -2.44. The molecular formula is C23H24ClN5. The van der Waals surface area contributed by atoms with Gasteiger partial charge in [-0.15, -0.1) is 0 Å². The van der Waals surface area contributed by atoms with Gasteiger partial charge in [0.2, 0.25) is 0 Å². The highest BCUT2D eigenvalue weighted by Gasteiger charge is 2.37. The van der Waals surface area contributed by atoms with E-state index in [-0.39, 0.29) is 6.17 Å². The smallest absolute Gasteiger partial charge is 0.0990 e. The molecule has 6 heteroatoms. The van der Waals surface area contributed by atoms with Gasteiger partial charge in [-0.3, -0.25) is 21.2 Å². The van der Waals surface area contributed by atoms with Crippen LogP contribution in [0.2, 0.25) is 5.02 Å². The summed E-state index contributed by atoms with van der Waals surface area (Å²) in [5.74, 6) is 0. The van der Waals surface area contributed by atoms with Gasteiger partial charge in [0, 0.05) is 47.7 Å². The Balaban J connectivity index is 1.51. The minimum Gasteiger partial charge on any atom is -0.352 e. The van der Waals surface area contributed by atoms with Gasteiger partial charge in [-0.05, 0) is 35.8 Å². The van der Waals surface area contributed by atoms with Crippen molar-refractivity contribution >= 4 is 23.3 Å². The summed E-state index contributed by atoms with van der Waals surface area (Å²) in [7, 11) is 0. The van der Waals surface area contributed by atoms with Crippen LogP contribution in [0.4, 0.5) is 0 Å². The zero-order valence-corrected chi connectivity index (χ0v) is 16.9. The van der Waals surface area contributed by atoms with Crippen LogP contribution in [0.1, 0.15) is 17.5 Å². The highest BCUT2D eigenvalue weighted by molar-refractivity contribution is 6.32. The number of nitrogens with one attached hydrogen (secondary N) is 3. The molecule has 3 unspecified atom stereocenters. The molecule has 3 atom stereocenters. The zero-order valence-electron chi connectivity index (χ0n) is 16.1. The molecule has 2 saturated heterocycles. The summed E-state index contributed by atoms with van der Waals surface area (Å²) < 4.78 is 0. The summed E-state index contributed by atoms with van der Waals surface area (Å²) in [4.78, 5) is 7.12. The predicted molar refractivity (Wildman–Crippen MR) is 119 cm³/mol. The number of aromatic nitrogens is 1. The van der Waals surface area contributed by atoms with Crippen molar-refractivity contribution in [2.24, 2.45) is 0 Å². The second-order valence-corrected chi connectivity index (χ2v) is 8.02. The van der Waals surface area contributed by atoms with E-state index in [1.54, 1.807) is 6.08 Å². The summed E-state index contributed by atoms with van der Waals surface area (Å²) >= 11 is 6.43. The van der Waals surface area contributed by atoms with Crippen LogP contribution >= 0.6 is 11.6 Å². The van der Waals surface area contributed by atoms with Crippen molar-refractivity contribution in [1.82, 2.24) is 26.1 Å². The molecule has 5 rings (SSSR count). The van der Waals surface area contributed by atoms with Gasteiger partial charge in [0.15, 0.2) is 0 Å². The van der Waals surface area contributed by atoms with Crippen LogP contribution < -0.4 is 16.2 Å². The van der Waals surface area contributed by atoms with Crippen LogP contribution in [0.5, 0.6) is 0 Å². The van der Waals surface area contributed by atoms with Gasteiger partial charge in [-0.1, -0.05) is 48.5 Å². The number of benzene rings is 1. The highest BCUT2D eigenvalue weighted by Crippen LogP contribution is 2.34. The summed E-state index contributed by atoms with van der Waals surface area (Å²) in [6.07, 6.45) is 11.7. The third kappa shape index (κ3) is 3.40. The van der Waals surface area contributed by atoms with E-state index < -0.39 is 0 Å². The molecule has 3 N–H and O–H groups in total.